The van der Waals surface area contributed by atoms with Crippen LogP contribution in [0.3, 0.4) is 0 Å². The Hall–Kier alpha value is -5.19. The zero-order chi connectivity index (χ0) is 33.7. The van der Waals surface area contributed by atoms with Crippen LogP contribution in [0.1, 0.15) is 38.6 Å². The van der Waals surface area contributed by atoms with Gasteiger partial charge in [0.05, 0.1) is 22.9 Å². The van der Waals surface area contributed by atoms with Crippen molar-refractivity contribution in [1.82, 2.24) is 15.5 Å². The van der Waals surface area contributed by atoms with Crippen LogP contribution in [0, 0.1) is 20.8 Å². The number of hydrogen-bond acceptors (Lipinski definition) is 7. The summed E-state index contributed by atoms with van der Waals surface area (Å²) in [5, 5.41) is 10.8. The first kappa shape index (κ1) is 33.2. The summed E-state index contributed by atoms with van der Waals surface area (Å²) < 4.78 is 11.1. The van der Waals surface area contributed by atoms with Gasteiger partial charge in [-0.05, 0) is 68.8 Å². The van der Waals surface area contributed by atoms with E-state index in [4.69, 9.17) is 32.5 Å². The fourth-order valence-electron chi connectivity index (χ4n) is 4.79. The van der Waals surface area contributed by atoms with Crippen LogP contribution >= 0.6 is 23.2 Å². The summed E-state index contributed by atoms with van der Waals surface area (Å²) in [6, 6.07) is 19.8. The Labute approximate surface area is 281 Å². The molecule has 0 fully saturated rings. The third kappa shape index (κ3) is 7.79. The van der Waals surface area contributed by atoms with Gasteiger partial charge >= 0.3 is 0 Å². The summed E-state index contributed by atoms with van der Waals surface area (Å²) >= 11 is 13.2. The molecule has 0 saturated heterocycles. The molecule has 10 nitrogen and oxygen atoms in total. The number of pyridine rings is 1. The van der Waals surface area contributed by atoms with Gasteiger partial charge < -0.3 is 24.8 Å². The van der Waals surface area contributed by atoms with Gasteiger partial charge in [0.25, 0.3) is 5.91 Å². The molecule has 240 valence electrons. The number of fused-ring (bicyclic) bond motifs is 1. The second-order valence-corrected chi connectivity index (χ2v) is 11.5. The highest BCUT2D eigenvalue weighted by molar-refractivity contribution is 6.38. The minimum Gasteiger partial charge on any atom is -0.487 e. The Balaban J connectivity index is 1.16. The van der Waals surface area contributed by atoms with Crippen LogP contribution in [0.5, 0.6) is 5.75 Å². The smallest absolute Gasteiger partial charge is 0.261 e. The maximum atomic E-state index is 13.0. The molecule has 0 aliphatic rings. The first-order chi connectivity index (χ1) is 22.5. The number of nitrogens with zero attached hydrogens (tertiary/aromatic N) is 3. The van der Waals surface area contributed by atoms with E-state index in [1.165, 1.54) is 11.0 Å². The van der Waals surface area contributed by atoms with Crippen molar-refractivity contribution in [2.24, 2.45) is 0 Å². The number of carbonyl (C=O) groups is 3. The summed E-state index contributed by atoms with van der Waals surface area (Å²) in [5.74, 6) is -0.157. The Kier molecular flexibility index (Phi) is 10.2. The minimum absolute atomic E-state index is 0.0539. The lowest BCUT2D eigenvalue weighted by atomic mass is 10.1. The molecular formula is C35H31Cl2N5O5. The Morgan fingerprint density at radius 3 is 2.47 bits per heavy atom. The number of aromatic nitrogens is 2. The van der Waals surface area contributed by atoms with E-state index < -0.39 is 11.8 Å². The normalized spacial score (nSPS) is 11.1. The van der Waals surface area contributed by atoms with Crippen LogP contribution in [0.4, 0.5) is 11.4 Å². The number of ether oxygens (including phenoxy) is 1. The zero-order valence-corrected chi connectivity index (χ0v) is 27.6. The van der Waals surface area contributed by atoms with Crippen molar-refractivity contribution in [1.29, 1.82) is 0 Å². The Morgan fingerprint density at radius 1 is 0.979 bits per heavy atom. The van der Waals surface area contributed by atoms with Crippen molar-refractivity contribution in [2.45, 2.75) is 27.4 Å². The van der Waals surface area contributed by atoms with Gasteiger partial charge in [0, 0.05) is 40.5 Å². The van der Waals surface area contributed by atoms with Crippen molar-refractivity contribution in [3.8, 4) is 5.75 Å². The minimum atomic E-state index is -0.460. The maximum Gasteiger partial charge on any atom is 0.261 e. The first-order valence-corrected chi connectivity index (χ1v) is 15.3. The van der Waals surface area contributed by atoms with Crippen molar-refractivity contribution in [2.75, 3.05) is 23.8 Å². The second kappa shape index (κ2) is 14.5. The van der Waals surface area contributed by atoms with Gasteiger partial charge in [-0.25, -0.2) is 4.98 Å². The number of para-hydroxylation sites is 1. The third-order valence-corrected chi connectivity index (χ3v) is 8.14. The van der Waals surface area contributed by atoms with Gasteiger partial charge in [0.2, 0.25) is 11.8 Å². The molecule has 0 spiro atoms. The van der Waals surface area contributed by atoms with Crippen molar-refractivity contribution >= 4 is 69.3 Å². The Morgan fingerprint density at radius 2 is 1.74 bits per heavy atom. The van der Waals surface area contributed by atoms with Crippen LogP contribution in [-0.2, 0) is 16.2 Å². The summed E-state index contributed by atoms with van der Waals surface area (Å²) in [7, 11) is 1.56. The number of likely N-dealkylation sites (N-methyl/N-ethyl adjacent to an activating group) is 1. The lowest BCUT2D eigenvalue weighted by molar-refractivity contribution is -0.122. The molecule has 0 radical (unpaired) electrons. The molecule has 0 saturated carbocycles. The SMILES string of the molecule is Cc1ccc2cccc(OCc3c(Cl)ccc(N(C)C(=O)CNC(=O)/C=C/c4ccc(NC(=O)c5c(C)noc5C)cc4)c3Cl)c2n1. The molecule has 2 N–H and O–H groups in total. The zero-order valence-electron chi connectivity index (χ0n) is 26.1. The fourth-order valence-corrected chi connectivity index (χ4v) is 5.39. The number of aryl methyl sites for hydroxylation is 3. The molecule has 2 aromatic heterocycles. The average molecular weight is 673 g/mol. The molecule has 0 unspecified atom stereocenters. The number of carbonyl (C=O) groups excluding carboxylic acids is 3. The molecule has 12 heteroatoms. The molecule has 0 atom stereocenters. The molecule has 0 aliphatic carbocycles. The number of hydrogen-bond donors (Lipinski definition) is 2. The van der Waals surface area contributed by atoms with Gasteiger partial charge in [-0.3, -0.25) is 14.4 Å². The van der Waals surface area contributed by atoms with E-state index in [0.29, 0.717) is 44.7 Å². The van der Waals surface area contributed by atoms with Crippen molar-refractivity contribution in [3.05, 3.63) is 117 Å². The molecule has 3 amide bonds. The lowest BCUT2D eigenvalue weighted by Crippen LogP contribution is -2.37. The maximum absolute atomic E-state index is 13.0. The van der Waals surface area contributed by atoms with Crippen LogP contribution < -0.4 is 20.3 Å². The predicted octanol–water partition coefficient (Wildman–Crippen LogP) is 7.08. The van der Waals surface area contributed by atoms with E-state index >= 15 is 0 Å². The summed E-state index contributed by atoms with van der Waals surface area (Å²) in [6.45, 7) is 5.07. The van der Waals surface area contributed by atoms with Gasteiger partial charge in [-0.15, -0.1) is 0 Å². The van der Waals surface area contributed by atoms with Gasteiger partial charge in [0.15, 0.2) is 0 Å². The highest BCUT2D eigenvalue weighted by Crippen LogP contribution is 2.35. The topological polar surface area (TPSA) is 127 Å². The van der Waals surface area contributed by atoms with E-state index in [2.05, 4.69) is 20.8 Å². The average Bonchev–Trinajstić information content (AvgIpc) is 3.40. The monoisotopic (exact) mass is 671 g/mol. The molecule has 0 bridgehead atoms. The van der Waals surface area contributed by atoms with Crippen molar-refractivity contribution < 1.29 is 23.6 Å². The van der Waals surface area contributed by atoms with Crippen LogP contribution in [0.25, 0.3) is 17.0 Å². The summed E-state index contributed by atoms with van der Waals surface area (Å²) in [4.78, 5) is 44.0. The van der Waals surface area contributed by atoms with E-state index in [0.717, 1.165) is 22.2 Å². The van der Waals surface area contributed by atoms with Crippen molar-refractivity contribution in [3.63, 3.8) is 0 Å². The number of benzene rings is 3. The molecular weight excluding hydrogens is 641 g/mol. The molecule has 5 rings (SSSR count). The fraction of sp³-hybridized carbons (Fsp3) is 0.171. The van der Waals surface area contributed by atoms with E-state index in [9.17, 15) is 14.4 Å². The molecule has 47 heavy (non-hydrogen) atoms. The van der Waals surface area contributed by atoms with Crippen LogP contribution in [0.15, 0.2) is 77.3 Å². The molecule has 0 aliphatic heterocycles. The predicted molar refractivity (Wildman–Crippen MR) is 183 cm³/mol. The number of anilines is 2. The standard InChI is InChI=1S/C35H31Cl2N5O5/c1-20-8-12-24-6-5-7-29(34(24)39-20)46-19-26-27(36)15-16-28(33(26)37)42(4)31(44)18-38-30(43)17-11-23-9-13-25(14-10-23)40-35(45)32-21(2)41-47-22(32)3/h5-17H,18-19H2,1-4H3,(H,38,43)(H,40,45)/b17-11+. The summed E-state index contributed by atoms with van der Waals surface area (Å²) in [5.41, 5.74) is 4.70. The highest BCUT2D eigenvalue weighted by Gasteiger charge is 2.20. The molecule has 5 aromatic rings. The number of rotatable bonds is 10. The van der Waals surface area contributed by atoms with E-state index in [1.54, 1.807) is 63.4 Å². The van der Waals surface area contributed by atoms with Crippen LogP contribution in [0.2, 0.25) is 10.0 Å². The van der Waals surface area contributed by atoms with Gasteiger partial charge in [-0.1, -0.05) is 58.7 Å². The molecule has 2 heterocycles. The van der Waals surface area contributed by atoms with Crippen LogP contribution in [-0.4, -0.2) is 41.5 Å². The van der Waals surface area contributed by atoms with Gasteiger partial charge in [-0.2, -0.15) is 0 Å². The quantitative estimate of drug-likeness (QED) is 0.152. The van der Waals surface area contributed by atoms with Gasteiger partial charge in [0.1, 0.15) is 29.2 Å². The number of amides is 3. The number of nitrogens with one attached hydrogen (secondary N) is 2. The second-order valence-electron chi connectivity index (χ2n) is 10.7. The lowest BCUT2D eigenvalue weighted by Gasteiger charge is -2.21. The first-order valence-electron chi connectivity index (χ1n) is 14.5. The Bertz CT molecular complexity index is 1990. The van der Waals surface area contributed by atoms with E-state index in [-0.39, 0.29) is 24.1 Å². The molecule has 3 aromatic carbocycles. The third-order valence-electron chi connectivity index (χ3n) is 7.37. The number of halogens is 2. The van der Waals surface area contributed by atoms with E-state index in [1.807, 2.05) is 37.3 Å². The largest absolute Gasteiger partial charge is 0.487 e. The highest BCUT2D eigenvalue weighted by atomic mass is 35.5. The summed E-state index contributed by atoms with van der Waals surface area (Å²) in [6.07, 6.45) is 2.91.